The van der Waals surface area contributed by atoms with Gasteiger partial charge in [0, 0.05) is 22.7 Å². The summed E-state index contributed by atoms with van der Waals surface area (Å²) in [5, 5.41) is 14.0. The van der Waals surface area contributed by atoms with E-state index in [2.05, 4.69) is 203 Å². The van der Waals surface area contributed by atoms with E-state index in [1.165, 1.54) is 154 Å². The molecule has 9 aromatic rings. The van der Waals surface area contributed by atoms with Gasteiger partial charge >= 0.3 is 0 Å². The normalized spacial score (nSPS) is 19.8. The van der Waals surface area contributed by atoms with Crippen LogP contribution in [0.1, 0.15) is 114 Å². The Kier molecular flexibility index (Phi) is 6.59. The maximum absolute atomic E-state index is 2.62. The molecule has 0 bridgehead atoms. The minimum atomic E-state index is -0.206. The van der Waals surface area contributed by atoms with Crippen LogP contribution >= 0.6 is 0 Å². The summed E-state index contributed by atoms with van der Waals surface area (Å²) < 4.78 is 0. The first-order valence-corrected chi connectivity index (χ1v) is 24.5. The van der Waals surface area contributed by atoms with Crippen LogP contribution in [-0.2, 0) is 16.2 Å². The number of hydrogen-bond donors (Lipinski definition) is 0. The van der Waals surface area contributed by atoms with Crippen LogP contribution in [0.15, 0.2) is 145 Å². The van der Waals surface area contributed by atoms with Crippen molar-refractivity contribution in [1.82, 2.24) is 0 Å². The van der Waals surface area contributed by atoms with E-state index in [0.29, 0.717) is 11.8 Å². The molecule has 0 N–H and O–H groups in total. The zero-order chi connectivity index (χ0) is 44.9. The third-order valence-corrected chi connectivity index (χ3v) is 17.8. The summed E-state index contributed by atoms with van der Waals surface area (Å²) in [7, 11) is 0. The lowest BCUT2D eigenvalue weighted by molar-refractivity contribution is 0.501. The van der Waals surface area contributed by atoms with Crippen LogP contribution in [0.2, 0.25) is 0 Å². The average Bonchev–Trinajstić information content (AvgIpc) is 3.79. The number of benzene rings is 9. The Morgan fingerprint density at radius 2 is 0.985 bits per heavy atom. The predicted molar refractivity (Wildman–Crippen MR) is 282 cm³/mol. The van der Waals surface area contributed by atoms with Crippen molar-refractivity contribution in [1.29, 1.82) is 0 Å². The van der Waals surface area contributed by atoms with Gasteiger partial charge in [0.2, 0.25) is 0 Å². The van der Waals surface area contributed by atoms with E-state index in [-0.39, 0.29) is 21.7 Å². The van der Waals surface area contributed by atoms with Gasteiger partial charge in [0.05, 0.1) is 0 Å². The van der Waals surface area contributed by atoms with E-state index in [4.69, 9.17) is 0 Å². The molecule has 6 aliphatic rings. The number of rotatable bonds is 0. The quantitative estimate of drug-likeness (QED) is 0.105. The smallest absolute Gasteiger partial charge is 0.0199 e. The van der Waals surface area contributed by atoms with Crippen LogP contribution in [0.5, 0.6) is 0 Å². The van der Waals surface area contributed by atoms with E-state index >= 15 is 0 Å². The summed E-state index contributed by atoms with van der Waals surface area (Å²) in [6.45, 7) is 24.1. The Morgan fingerprint density at radius 1 is 0.455 bits per heavy atom. The fraction of sp³-hybridized carbons (Fsp3) is 0.242. The number of fused-ring (bicyclic) bond motifs is 12. The minimum absolute atomic E-state index is 0.0556. The molecule has 6 aliphatic carbocycles. The molecule has 15 rings (SSSR count). The fourth-order valence-electron chi connectivity index (χ4n) is 14.3. The lowest BCUT2D eigenvalue weighted by Gasteiger charge is -2.44. The van der Waals surface area contributed by atoms with Crippen molar-refractivity contribution < 1.29 is 0 Å². The van der Waals surface area contributed by atoms with Gasteiger partial charge in [-0.3, -0.25) is 0 Å². The van der Waals surface area contributed by atoms with Gasteiger partial charge in [-0.15, -0.1) is 0 Å². The van der Waals surface area contributed by atoms with Gasteiger partial charge < -0.3 is 0 Å². The zero-order valence-corrected chi connectivity index (χ0v) is 39.9. The maximum Gasteiger partial charge on any atom is 0.0199 e. The van der Waals surface area contributed by atoms with Crippen molar-refractivity contribution in [3.8, 4) is 44.5 Å². The molecule has 0 aliphatic heterocycles. The van der Waals surface area contributed by atoms with Gasteiger partial charge in [-0.1, -0.05) is 172 Å². The standard InChI is InChI=1S/C66H54/c1-63(2,3)35-25-33-13-11-15-37-39-17-19-41-47-29-53-55(31-49(47)43-21-23-45(59(39)61(41)43)51(27-35)57(33)37)66(9,10)54-30-48-42-20-18-40-38-16-12-14-34-26-36(64(4,5)6)28-52(58(34)38)46-24-22-44(62(42)60(40)46)50(48)32-56(54)65(53,7)8/h11-32,51,57H,1-10H3. The zero-order valence-electron chi connectivity index (χ0n) is 39.9. The molecule has 0 aromatic heterocycles. The third kappa shape index (κ3) is 4.35. The number of hydrogen-bond acceptors (Lipinski definition) is 0. The number of allylic oxidation sites excluding steroid dienone is 8. The van der Waals surface area contributed by atoms with Crippen LogP contribution in [0.25, 0.3) is 104 Å². The maximum atomic E-state index is 2.62. The summed E-state index contributed by atoms with van der Waals surface area (Å²) >= 11 is 0. The van der Waals surface area contributed by atoms with E-state index in [9.17, 15) is 0 Å². The van der Waals surface area contributed by atoms with Gasteiger partial charge in [-0.05, 0) is 195 Å². The molecule has 0 spiro atoms. The van der Waals surface area contributed by atoms with Crippen molar-refractivity contribution in [3.05, 3.63) is 184 Å². The van der Waals surface area contributed by atoms with Crippen LogP contribution in [0.3, 0.4) is 0 Å². The van der Waals surface area contributed by atoms with Crippen LogP contribution in [-0.4, -0.2) is 0 Å². The van der Waals surface area contributed by atoms with E-state index < -0.39 is 0 Å². The molecule has 0 saturated carbocycles. The summed E-state index contributed by atoms with van der Waals surface area (Å²) in [6, 6.07) is 42.0. The summed E-state index contributed by atoms with van der Waals surface area (Å²) in [6.07, 6.45) is 12.2. The first kappa shape index (κ1) is 37.7. The fourth-order valence-corrected chi connectivity index (χ4v) is 14.3. The highest BCUT2D eigenvalue weighted by Gasteiger charge is 2.46. The third-order valence-electron chi connectivity index (χ3n) is 17.8. The molecule has 66 heavy (non-hydrogen) atoms. The Morgan fingerprint density at radius 3 is 1.58 bits per heavy atom. The van der Waals surface area contributed by atoms with E-state index in [1.54, 1.807) is 0 Å². The highest BCUT2D eigenvalue weighted by molar-refractivity contribution is 6.37. The molecule has 0 fully saturated rings. The highest BCUT2D eigenvalue weighted by Crippen LogP contribution is 2.62. The minimum Gasteiger partial charge on any atom is -0.0723 e. The topological polar surface area (TPSA) is 0 Å². The molecular weight excluding hydrogens is 793 g/mol. The summed E-state index contributed by atoms with van der Waals surface area (Å²) in [5.41, 5.74) is 25.4. The van der Waals surface area contributed by atoms with Crippen molar-refractivity contribution in [3.63, 3.8) is 0 Å². The first-order valence-electron chi connectivity index (χ1n) is 24.5. The predicted octanol–water partition coefficient (Wildman–Crippen LogP) is 18.0. The average molecular weight is 847 g/mol. The molecular formula is C66H54. The molecule has 0 amide bonds. The summed E-state index contributed by atoms with van der Waals surface area (Å²) in [5.74, 6) is 0.709. The first-order chi connectivity index (χ1) is 31.5. The van der Waals surface area contributed by atoms with Crippen molar-refractivity contribution in [2.24, 2.45) is 11.3 Å². The van der Waals surface area contributed by atoms with Crippen molar-refractivity contribution in [2.45, 2.75) is 91.4 Å². The van der Waals surface area contributed by atoms with Gasteiger partial charge in [0.15, 0.2) is 0 Å². The lowest BCUT2D eigenvalue weighted by Crippen LogP contribution is -2.36. The lowest BCUT2D eigenvalue weighted by atomic mass is 9.59. The second-order valence-electron chi connectivity index (χ2n) is 24.0. The van der Waals surface area contributed by atoms with E-state index in [0.717, 1.165) is 0 Å². The Hall–Kier alpha value is -6.50. The van der Waals surface area contributed by atoms with Crippen LogP contribution < -0.4 is 0 Å². The van der Waals surface area contributed by atoms with Gasteiger partial charge in [0.25, 0.3) is 0 Å². The second kappa shape index (κ2) is 11.5. The molecule has 0 heteroatoms. The Balaban J connectivity index is 0.922. The van der Waals surface area contributed by atoms with Crippen molar-refractivity contribution in [2.75, 3.05) is 0 Å². The summed E-state index contributed by atoms with van der Waals surface area (Å²) in [4.78, 5) is 0. The molecule has 2 atom stereocenters. The monoisotopic (exact) mass is 846 g/mol. The SMILES string of the molecule is CC(C)(C)C1=CC2c3ccc4c5c(ccc(c35)C3=CC=CC(=C1)C32)-c1cc2c(cc1-4)C(C)(C)c1cc3c(cc1C2(C)C)-c1ccc2c4cc(C(C)(C)C)cc5cccc(c6ccc-3c1c62)c54. The van der Waals surface area contributed by atoms with E-state index in [1.807, 2.05) is 0 Å². The molecule has 0 radical (unpaired) electrons. The molecule has 0 nitrogen and oxygen atoms in total. The molecule has 0 saturated heterocycles. The van der Waals surface area contributed by atoms with Gasteiger partial charge in [0.1, 0.15) is 0 Å². The largest absolute Gasteiger partial charge is 0.0723 e. The van der Waals surface area contributed by atoms with Gasteiger partial charge in [-0.25, -0.2) is 0 Å². The molecule has 9 aromatic carbocycles. The van der Waals surface area contributed by atoms with Gasteiger partial charge in [-0.2, -0.15) is 0 Å². The second-order valence-corrected chi connectivity index (χ2v) is 24.0. The molecule has 0 heterocycles. The highest BCUT2D eigenvalue weighted by atomic mass is 14.5. The molecule has 2 unspecified atom stereocenters. The van der Waals surface area contributed by atoms with Crippen LogP contribution in [0.4, 0.5) is 0 Å². The van der Waals surface area contributed by atoms with Crippen LogP contribution in [0, 0.1) is 11.3 Å². The molecule has 318 valence electrons. The Labute approximate surface area is 388 Å². The van der Waals surface area contributed by atoms with Crippen molar-refractivity contribution >= 4 is 59.4 Å². The Bertz CT molecular complexity index is 3900.